The molecule has 0 heterocycles. The number of hydrogen-bond donors (Lipinski definition) is 0. The zero-order valence-corrected chi connectivity index (χ0v) is 17.1. The van der Waals surface area contributed by atoms with Crippen molar-refractivity contribution in [2.75, 3.05) is 0 Å². The van der Waals surface area contributed by atoms with Crippen molar-refractivity contribution < 1.29 is 0 Å². The fourth-order valence-electron chi connectivity index (χ4n) is 8.00. The van der Waals surface area contributed by atoms with E-state index >= 15 is 0 Å². The Balaban J connectivity index is 1.64. The van der Waals surface area contributed by atoms with E-state index in [1.165, 1.54) is 38.5 Å². The van der Waals surface area contributed by atoms with Gasteiger partial charge in [0.1, 0.15) is 0 Å². The van der Waals surface area contributed by atoms with Gasteiger partial charge in [0.2, 0.25) is 0 Å². The molecule has 146 valence electrons. The van der Waals surface area contributed by atoms with Gasteiger partial charge in [0.05, 0.1) is 0 Å². The number of benzene rings is 2. The molecule has 0 spiro atoms. The van der Waals surface area contributed by atoms with Gasteiger partial charge in [0, 0.05) is 11.3 Å². The maximum absolute atomic E-state index is 3.76. The molecule has 6 atom stereocenters. The Bertz CT molecular complexity index is 918. The highest BCUT2D eigenvalue weighted by molar-refractivity contribution is 5.46. The second-order valence-corrected chi connectivity index (χ2v) is 9.76. The van der Waals surface area contributed by atoms with Crippen LogP contribution in [-0.2, 0) is 5.41 Å². The van der Waals surface area contributed by atoms with Crippen LogP contribution in [0.5, 0.6) is 0 Å². The second-order valence-electron chi connectivity index (χ2n) is 9.76. The molecule has 4 aliphatic carbocycles. The minimum absolute atomic E-state index is 0.113. The monoisotopic (exact) mass is 378 g/mol. The SMILES string of the molecule is C1#CC2C(C=C1)CCC1C3CCCCC3C(c3ccccc3)(c3ccccc3)C21. The van der Waals surface area contributed by atoms with Gasteiger partial charge in [-0.05, 0) is 72.5 Å². The molecule has 6 unspecified atom stereocenters. The molecule has 4 aliphatic rings. The fraction of sp³-hybridized carbons (Fsp3) is 0.448. The van der Waals surface area contributed by atoms with E-state index in [9.17, 15) is 0 Å². The van der Waals surface area contributed by atoms with Crippen LogP contribution in [0.1, 0.15) is 49.7 Å². The molecule has 0 aromatic heterocycles. The van der Waals surface area contributed by atoms with E-state index in [0.29, 0.717) is 17.8 Å². The third-order valence-electron chi connectivity index (χ3n) is 8.80. The van der Waals surface area contributed by atoms with Crippen LogP contribution in [0, 0.1) is 47.3 Å². The first kappa shape index (κ1) is 17.6. The molecule has 6 rings (SSSR count). The Labute approximate surface area is 175 Å². The van der Waals surface area contributed by atoms with Gasteiger partial charge in [-0.2, -0.15) is 0 Å². The maximum atomic E-state index is 3.76. The molecule has 0 saturated heterocycles. The zero-order valence-electron chi connectivity index (χ0n) is 17.1. The summed E-state index contributed by atoms with van der Waals surface area (Å²) in [4.78, 5) is 0. The van der Waals surface area contributed by atoms with Gasteiger partial charge in [-0.25, -0.2) is 0 Å². The molecule has 0 N–H and O–H groups in total. The van der Waals surface area contributed by atoms with Crippen LogP contribution in [-0.4, -0.2) is 0 Å². The number of hydrogen-bond acceptors (Lipinski definition) is 0. The van der Waals surface area contributed by atoms with Gasteiger partial charge in [-0.15, -0.1) is 0 Å². The Morgan fingerprint density at radius 1 is 0.724 bits per heavy atom. The molecule has 0 radical (unpaired) electrons. The highest BCUT2D eigenvalue weighted by Gasteiger charge is 2.64. The third-order valence-corrected chi connectivity index (χ3v) is 8.80. The van der Waals surface area contributed by atoms with Gasteiger partial charge in [0.25, 0.3) is 0 Å². The molecule has 2 aromatic rings. The van der Waals surface area contributed by atoms with Crippen LogP contribution in [0.15, 0.2) is 72.8 Å². The summed E-state index contributed by atoms with van der Waals surface area (Å²) >= 11 is 0. The molecule has 2 aromatic carbocycles. The molecule has 0 bridgehead atoms. The van der Waals surface area contributed by atoms with Crippen LogP contribution in [0.3, 0.4) is 0 Å². The first-order valence-corrected chi connectivity index (χ1v) is 11.7. The standard InChI is InChI=1S/C29H30/c1-3-12-22(13-4-1)29(23-14-5-2-6-15-23)27-18-10-9-17-25(27)26-20-19-21-11-7-8-16-24(21)28(26)29/h1-7,11-15,21,24-28H,9-10,17-20H2. The summed E-state index contributed by atoms with van der Waals surface area (Å²) in [7, 11) is 0. The van der Waals surface area contributed by atoms with Gasteiger partial charge in [0.15, 0.2) is 0 Å². The van der Waals surface area contributed by atoms with E-state index < -0.39 is 0 Å². The molecule has 0 nitrogen and oxygen atoms in total. The van der Waals surface area contributed by atoms with Crippen molar-refractivity contribution >= 4 is 0 Å². The Morgan fingerprint density at radius 3 is 2.14 bits per heavy atom. The summed E-state index contributed by atoms with van der Waals surface area (Å²) in [5.74, 6) is 11.4. The minimum Gasteiger partial charge on any atom is -0.0942 e. The van der Waals surface area contributed by atoms with Crippen molar-refractivity contribution in [2.24, 2.45) is 35.5 Å². The van der Waals surface area contributed by atoms with Gasteiger partial charge < -0.3 is 0 Å². The lowest BCUT2D eigenvalue weighted by Crippen LogP contribution is -2.46. The highest BCUT2D eigenvalue weighted by Crippen LogP contribution is 2.68. The quantitative estimate of drug-likeness (QED) is 0.515. The molecule has 0 aliphatic heterocycles. The Kier molecular flexibility index (Phi) is 4.19. The van der Waals surface area contributed by atoms with Crippen LogP contribution in [0.25, 0.3) is 0 Å². The lowest BCUT2D eigenvalue weighted by molar-refractivity contribution is 0.121. The molecular formula is C29H30. The number of rotatable bonds is 2. The van der Waals surface area contributed by atoms with Crippen molar-refractivity contribution in [2.45, 2.75) is 43.9 Å². The molecule has 3 saturated carbocycles. The number of allylic oxidation sites excluding steroid dienone is 2. The lowest BCUT2D eigenvalue weighted by atomic mass is 9.54. The van der Waals surface area contributed by atoms with Gasteiger partial charge >= 0.3 is 0 Å². The normalized spacial score (nSPS) is 36.3. The first-order valence-electron chi connectivity index (χ1n) is 11.7. The second kappa shape index (κ2) is 6.91. The summed E-state index contributed by atoms with van der Waals surface area (Å²) in [5, 5.41) is 0. The van der Waals surface area contributed by atoms with Crippen LogP contribution in [0.4, 0.5) is 0 Å². The topological polar surface area (TPSA) is 0 Å². The summed E-state index contributed by atoms with van der Waals surface area (Å²) < 4.78 is 0. The summed E-state index contributed by atoms with van der Waals surface area (Å²) in [6, 6.07) is 23.1. The fourth-order valence-corrected chi connectivity index (χ4v) is 8.00. The van der Waals surface area contributed by atoms with E-state index in [-0.39, 0.29) is 5.41 Å². The van der Waals surface area contributed by atoms with Crippen molar-refractivity contribution in [3.63, 3.8) is 0 Å². The smallest absolute Gasteiger partial charge is 0.0312 e. The van der Waals surface area contributed by atoms with Gasteiger partial charge in [-0.3, -0.25) is 0 Å². The first-order chi connectivity index (χ1) is 14.4. The van der Waals surface area contributed by atoms with Gasteiger partial charge in [-0.1, -0.05) is 91.4 Å². The van der Waals surface area contributed by atoms with E-state index in [1.54, 1.807) is 11.1 Å². The lowest BCUT2D eigenvalue weighted by Gasteiger charge is -2.48. The Hall–Kier alpha value is -2.26. The van der Waals surface area contributed by atoms with Crippen molar-refractivity contribution in [3.8, 4) is 11.8 Å². The van der Waals surface area contributed by atoms with Crippen LogP contribution >= 0.6 is 0 Å². The van der Waals surface area contributed by atoms with Crippen molar-refractivity contribution in [1.29, 1.82) is 0 Å². The summed E-state index contributed by atoms with van der Waals surface area (Å²) in [6.45, 7) is 0. The minimum atomic E-state index is 0.113. The van der Waals surface area contributed by atoms with E-state index in [1.807, 2.05) is 0 Å². The molecular weight excluding hydrogens is 348 g/mol. The molecule has 29 heavy (non-hydrogen) atoms. The van der Waals surface area contributed by atoms with E-state index in [4.69, 9.17) is 0 Å². The predicted octanol–water partition coefficient (Wildman–Crippen LogP) is 6.62. The summed E-state index contributed by atoms with van der Waals surface area (Å²) in [6.07, 6.45) is 12.9. The summed E-state index contributed by atoms with van der Waals surface area (Å²) in [5.41, 5.74) is 3.21. The zero-order chi connectivity index (χ0) is 19.3. The van der Waals surface area contributed by atoms with E-state index in [2.05, 4.69) is 84.7 Å². The highest BCUT2D eigenvalue weighted by atomic mass is 14.7. The average molecular weight is 379 g/mol. The van der Waals surface area contributed by atoms with Crippen molar-refractivity contribution in [3.05, 3.63) is 83.9 Å². The number of fused-ring (bicyclic) bond motifs is 5. The van der Waals surface area contributed by atoms with Crippen LogP contribution in [0.2, 0.25) is 0 Å². The largest absolute Gasteiger partial charge is 0.0942 e. The maximum Gasteiger partial charge on any atom is 0.0312 e. The average Bonchev–Trinajstić information content (AvgIpc) is 3.12. The predicted molar refractivity (Wildman–Crippen MR) is 119 cm³/mol. The van der Waals surface area contributed by atoms with Crippen LogP contribution < -0.4 is 0 Å². The van der Waals surface area contributed by atoms with Crippen molar-refractivity contribution in [1.82, 2.24) is 0 Å². The molecule has 3 fully saturated rings. The molecule has 0 heteroatoms. The third kappa shape index (κ3) is 2.46. The van der Waals surface area contributed by atoms with E-state index in [0.717, 1.165) is 17.8 Å². The molecule has 0 amide bonds. The Morgan fingerprint density at radius 2 is 1.41 bits per heavy atom.